The molecule has 1 aliphatic rings. The highest BCUT2D eigenvalue weighted by Gasteiger charge is 2.26. The SMILES string of the molecule is CCc1nn(C)c(Cl)c1CN1CCC(C(=O)NCc2ccc(OC)cc2)CC1. The van der Waals surface area contributed by atoms with Crippen molar-refractivity contribution in [2.75, 3.05) is 20.2 Å². The first-order valence-electron chi connectivity index (χ1n) is 9.85. The van der Waals surface area contributed by atoms with Gasteiger partial charge in [0.1, 0.15) is 10.9 Å². The second kappa shape index (κ2) is 9.43. The van der Waals surface area contributed by atoms with Gasteiger partial charge in [0, 0.05) is 31.6 Å². The molecule has 1 aliphatic heterocycles. The summed E-state index contributed by atoms with van der Waals surface area (Å²) in [6.45, 7) is 5.25. The van der Waals surface area contributed by atoms with Crippen LogP contribution in [0.5, 0.6) is 5.75 Å². The number of nitrogens with zero attached hydrogens (tertiary/aromatic N) is 3. The lowest BCUT2D eigenvalue weighted by Gasteiger charge is -2.31. The first kappa shape index (κ1) is 20.7. The van der Waals surface area contributed by atoms with Gasteiger partial charge in [-0.2, -0.15) is 5.10 Å². The molecule has 0 unspecified atom stereocenters. The summed E-state index contributed by atoms with van der Waals surface area (Å²) in [6.07, 6.45) is 2.61. The third-order valence-electron chi connectivity index (χ3n) is 5.45. The Hall–Kier alpha value is -2.05. The molecular weight excluding hydrogens is 376 g/mol. The highest BCUT2D eigenvalue weighted by molar-refractivity contribution is 6.30. The highest BCUT2D eigenvalue weighted by Crippen LogP contribution is 2.25. The van der Waals surface area contributed by atoms with Crippen LogP contribution in [-0.2, 0) is 31.4 Å². The van der Waals surface area contributed by atoms with Gasteiger partial charge in [-0.3, -0.25) is 14.4 Å². The average molecular weight is 405 g/mol. The number of hydrogen-bond donors (Lipinski definition) is 1. The molecule has 152 valence electrons. The quantitative estimate of drug-likeness (QED) is 0.770. The van der Waals surface area contributed by atoms with Gasteiger partial charge in [-0.15, -0.1) is 0 Å². The summed E-state index contributed by atoms with van der Waals surface area (Å²) < 4.78 is 6.91. The predicted molar refractivity (Wildman–Crippen MR) is 110 cm³/mol. The molecule has 2 heterocycles. The number of ether oxygens (including phenoxy) is 1. The fourth-order valence-electron chi connectivity index (χ4n) is 3.69. The zero-order valence-corrected chi connectivity index (χ0v) is 17.6. The van der Waals surface area contributed by atoms with E-state index in [1.165, 1.54) is 0 Å². The van der Waals surface area contributed by atoms with Gasteiger partial charge in [-0.05, 0) is 50.0 Å². The lowest BCUT2D eigenvalue weighted by molar-refractivity contribution is -0.126. The van der Waals surface area contributed by atoms with Crippen molar-refractivity contribution in [3.05, 3.63) is 46.2 Å². The zero-order valence-electron chi connectivity index (χ0n) is 16.9. The first-order chi connectivity index (χ1) is 13.5. The first-order valence-corrected chi connectivity index (χ1v) is 10.2. The number of halogens is 1. The largest absolute Gasteiger partial charge is 0.497 e. The average Bonchev–Trinajstić information content (AvgIpc) is 3.00. The standard InChI is InChI=1S/C21H29ClN4O2/c1-4-19-18(20(22)25(2)24-19)14-26-11-9-16(10-12-26)21(27)23-13-15-5-7-17(28-3)8-6-15/h5-8,16H,4,9-14H2,1-3H3,(H,23,27). The van der Waals surface area contributed by atoms with E-state index in [-0.39, 0.29) is 11.8 Å². The molecule has 0 spiro atoms. The maximum absolute atomic E-state index is 12.5. The van der Waals surface area contributed by atoms with Crippen molar-refractivity contribution in [2.45, 2.75) is 39.3 Å². The normalized spacial score (nSPS) is 15.6. The number of nitrogens with one attached hydrogen (secondary N) is 1. The number of benzene rings is 1. The molecule has 2 aromatic rings. The van der Waals surface area contributed by atoms with Crippen molar-refractivity contribution >= 4 is 17.5 Å². The Kier molecular flexibility index (Phi) is 6.97. The van der Waals surface area contributed by atoms with Crippen LogP contribution < -0.4 is 10.1 Å². The van der Waals surface area contributed by atoms with E-state index in [9.17, 15) is 4.79 Å². The number of amides is 1. The van der Waals surface area contributed by atoms with Crippen LogP contribution in [-0.4, -0.2) is 40.8 Å². The minimum atomic E-state index is 0.0736. The molecule has 28 heavy (non-hydrogen) atoms. The molecule has 1 aromatic heterocycles. The van der Waals surface area contributed by atoms with Gasteiger partial charge in [-0.25, -0.2) is 0 Å². The Labute approximate surface area is 171 Å². The molecule has 1 saturated heterocycles. The minimum absolute atomic E-state index is 0.0736. The van der Waals surface area contributed by atoms with E-state index in [0.29, 0.717) is 6.54 Å². The van der Waals surface area contributed by atoms with E-state index in [1.807, 2.05) is 31.3 Å². The summed E-state index contributed by atoms with van der Waals surface area (Å²) >= 11 is 6.41. The number of carbonyl (C=O) groups is 1. The lowest BCUT2D eigenvalue weighted by Crippen LogP contribution is -2.40. The maximum atomic E-state index is 12.5. The summed E-state index contributed by atoms with van der Waals surface area (Å²) in [6, 6.07) is 7.78. The van der Waals surface area contributed by atoms with Crippen LogP contribution in [0.3, 0.4) is 0 Å². The van der Waals surface area contributed by atoms with E-state index in [1.54, 1.807) is 11.8 Å². The van der Waals surface area contributed by atoms with Gasteiger partial charge in [0.25, 0.3) is 0 Å². The summed E-state index contributed by atoms with van der Waals surface area (Å²) in [5.41, 5.74) is 3.26. The number of aryl methyl sites for hydroxylation is 2. The smallest absolute Gasteiger partial charge is 0.223 e. The molecule has 7 heteroatoms. The van der Waals surface area contributed by atoms with Crippen molar-refractivity contribution in [2.24, 2.45) is 13.0 Å². The van der Waals surface area contributed by atoms with E-state index >= 15 is 0 Å². The number of aromatic nitrogens is 2. The van der Waals surface area contributed by atoms with Crippen LogP contribution in [0.2, 0.25) is 5.15 Å². The number of hydrogen-bond acceptors (Lipinski definition) is 4. The number of carbonyl (C=O) groups excluding carboxylic acids is 1. The number of rotatable bonds is 7. The van der Waals surface area contributed by atoms with Crippen LogP contribution in [0.15, 0.2) is 24.3 Å². The summed E-state index contributed by atoms with van der Waals surface area (Å²) in [4.78, 5) is 14.9. The minimum Gasteiger partial charge on any atom is -0.497 e. The number of piperidine rings is 1. The fourth-order valence-corrected chi connectivity index (χ4v) is 3.90. The molecule has 1 N–H and O–H groups in total. The Balaban J connectivity index is 1.47. The lowest BCUT2D eigenvalue weighted by atomic mass is 9.95. The second-order valence-corrected chi connectivity index (χ2v) is 7.67. The van der Waals surface area contributed by atoms with Crippen molar-refractivity contribution < 1.29 is 9.53 Å². The van der Waals surface area contributed by atoms with Crippen LogP contribution >= 0.6 is 11.6 Å². The van der Waals surface area contributed by atoms with Gasteiger partial charge in [-0.1, -0.05) is 30.7 Å². The van der Waals surface area contributed by atoms with Gasteiger partial charge in [0.2, 0.25) is 5.91 Å². The molecule has 1 aromatic carbocycles. The summed E-state index contributed by atoms with van der Waals surface area (Å²) in [7, 11) is 3.53. The highest BCUT2D eigenvalue weighted by atomic mass is 35.5. The van der Waals surface area contributed by atoms with E-state index in [0.717, 1.165) is 66.6 Å². The van der Waals surface area contributed by atoms with E-state index in [2.05, 4.69) is 22.2 Å². The van der Waals surface area contributed by atoms with Crippen molar-refractivity contribution in [3.63, 3.8) is 0 Å². The molecule has 0 atom stereocenters. The van der Waals surface area contributed by atoms with Crippen LogP contribution in [0, 0.1) is 5.92 Å². The maximum Gasteiger partial charge on any atom is 0.223 e. The second-order valence-electron chi connectivity index (χ2n) is 7.31. The number of methoxy groups -OCH3 is 1. The summed E-state index contributed by atoms with van der Waals surface area (Å²) in [5.74, 6) is 1.04. The number of likely N-dealkylation sites (tertiary alicyclic amines) is 1. The molecule has 1 fully saturated rings. The zero-order chi connectivity index (χ0) is 20.1. The Morgan fingerprint density at radius 3 is 2.57 bits per heavy atom. The monoisotopic (exact) mass is 404 g/mol. The van der Waals surface area contributed by atoms with Crippen LogP contribution in [0.1, 0.15) is 36.6 Å². The van der Waals surface area contributed by atoms with Gasteiger partial charge in [0.15, 0.2) is 0 Å². The van der Waals surface area contributed by atoms with Crippen molar-refractivity contribution in [1.29, 1.82) is 0 Å². The van der Waals surface area contributed by atoms with Crippen molar-refractivity contribution in [1.82, 2.24) is 20.0 Å². The Morgan fingerprint density at radius 1 is 1.29 bits per heavy atom. The van der Waals surface area contributed by atoms with Crippen molar-refractivity contribution in [3.8, 4) is 5.75 Å². The Morgan fingerprint density at radius 2 is 1.96 bits per heavy atom. The predicted octanol–water partition coefficient (Wildman–Crippen LogP) is 3.17. The third kappa shape index (κ3) is 4.86. The topological polar surface area (TPSA) is 59.4 Å². The third-order valence-corrected chi connectivity index (χ3v) is 5.93. The Bertz CT molecular complexity index is 795. The molecule has 0 bridgehead atoms. The van der Waals surface area contributed by atoms with Gasteiger partial charge < -0.3 is 10.1 Å². The van der Waals surface area contributed by atoms with Gasteiger partial charge >= 0.3 is 0 Å². The summed E-state index contributed by atoms with van der Waals surface area (Å²) in [5, 5.41) is 8.27. The van der Waals surface area contributed by atoms with Crippen LogP contribution in [0.4, 0.5) is 0 Å². The molecule has 0 aliphatic carbocycles. The molecule has 0 radical (unpaired) electrons. The molecule has 3 rings (SSSR count). The molecular formula is C21H29ClN4O2. The van der Waals surface area contributed by atoms with E-state index in [4.69, 9.17) is 16.3 Å². The molecule has 6 nitrogen and oxygen atoms in total. The fraction of sp³-hybridized carbons (Fsp3) is 0.524. The molecule has 1 amide bonds. The van der Waals surface area contributed by atoms with Gasteiger partial charge in [0.05, 0.1) is 12.8 Å². The van der Waals surface area contributed by atoms with E-state index < -0.39 is 0 Å². The molecule has 0 saturated carbocycles. The van der Waals surface area contributed by atoms with Crippen LogP contribution in [0.25, 0.3) is 0 Å².